The van der Waals surface area contributed by atoms with E-state index in [2.05, 4.69) is 373 Å². The maximum absolute atomic E-state index is 6.49. The summed E-state index contributed by atoms with van der Waals surface area (Å²) in [5.41, 5.74) is 24.3. The largest absolute Gasteiger partial charge is 0.456 e. The van der Waals surface area contributed by atoms with E-state index < -0.39 is 0 Å². The van der Waals surface area contributed by atoms with Gasteiger partial charge in [0.2, 0.25) is 0 Å². The molecule has 0 aliphatic carbocycles. The summed E-state index contributed by atoms with van der Waals surface area (Å²) in [7, 11) is 0. The van der Waals surface area contributed by atoms with Gasteiger partial charge < -0.3 is 13.6 Å². The Morgan fingerprint density at radius 3 is 1.35 bits per heavy atom. The molecule has 0 saturated carbocycles. The lowest BCUT2D eigenvalue weighted by Crippen LogP contribution is -1.93. The fourth-order valence-electron chi connectivity index (χ4n) is 16.2. The zero-order valence-corrected chi connectivity index (χ0v) is 57.1. The summed E-state index contributed by atoms with van der Waals surface area (Å²) < 4.78 is 13.8. The Morgan fingerprint density at radius 1 is 0.231 bits per heavy atom. The molecule has 0 fully saturated rings. The van der Waals surface area contributed by atoms with Crippen LogP contribution in [0.3, 0.4) is 0 Å². The molecule has 0 spiro atoms. The van der Waals surface area contributed by atoms with Gasteiger partial charge in [-0.1, -0.05) is 249 Å². The fraction of sp³-hybridized carbons (Fsp3) is 0. The van der Waals surface area contributed by atoms with Crippen LogP contribution in [0, 0.1) is 0 Å². The van der Waals surface area contributed by atoms with Gasteiger partial charge in [-0.3, -0.25) is 0 Å². The third-order valence-corrected chi connectivity index (χ3v) is 22.2. The highest BCUT2D eigenvalue weighted by Gasteiger charge is 2.22. The van der Waals surface area contributed by atoms with Crippen molar-refractivity contribution in [3.63, 3.8) is 0 Å². The SMILES string of the molecule is c1ccc(-c2cc(-c3ccc(-c4ccc5c6ccccc6n(-c6ccccc6)c5c4)cc3)nc3c2ccc2sc4cc5ccccc5cc4c23)cc1.c1ccc(-c2cc(-c3cccc(-c4ccc5c(c4)c4ccccc4n5-c4ccccc4)c3)nc3c2ccc2oc4cc5ccccc5cc4c23)cc1. The molecule has 0 saturated heterocycles. The van der Waals surface area contributed by atoms with Gasteiger partial charge in [0, 0.05) is 80.4 Å². The van der Waals surface area contributed by atoms with Crippen molar-refractivity contribution in [2.24, 2.45) is 0 Å². The van der Waals surface area contributed by atoms with E-state index in [0.717, 1.165) is 88.6 Å². The molecule has 0 bridgehead atoms. The molecule has 0 N–H and O–H groups in total. The minimum Gasteiger partial charge on any atom is -0.456 e. The van der Waals surface area contributed by atoms with Gasteiger partial charge in [-0.2, -0.15) is 0 Å². The highest BCUT2D eigenvalue weighted by molar-refractivity contribution is 7.26. The Bertz CT molecular complexity index is 7190. The number of para-hydroxylation sites is 4. The number of hydrogen-bond acceptors (Lipinski definition) is 4. The minimum absolute atomic E-state index is 0.846. The van der Waals surface area contributed by atoms with Gasteiger partial charge in [-0.25, -0.2) is 9.97 Å². The van der Waals surface area contributed by atoms with Gasteiger partial charge in [0.15, 0.2) is 0 Å². The second-order valence-electron chi connectivity index (χ2n) is 27.1. The van der Waals surface area contributed by atoms with Crippen molar-refractivity contribution in [1.29, 1.82) is 0 Å². The summed E-state index contributed by atoms with van der Waals surface area (Å²) in [4.78, 5) is 10.9. The van der Waals surface area contributed by atoms with E-state index in [9.17, 15) is 0 Å². The van der Waals surface area contributed by atoms with E-state index in [4.69, 9.17) is 14.4 Å². The lowest BCUT2D eigenvalue weighted by atomic mass is 9.95. The first-order valence-electron chi connectivity index (χ1n) is 35.4. The van der Waals surface area contributed by atoms with Crippen molar-refractivity contribution in [1.82, 2.24) is 19.1 Å². The summed E-state index contributed by atoms with van der Waals surface area (Å²) in [5.74, 6) is 0. The summed E-state index contributed by atoms with van der Waals surface area (Å²) in [6.45, 7) is 0. The Hall–Kier alpha value is -13.5. The van der Waals surface area contributed by atoms with Crippen LogP contribution in [0.1, 0.15) is 0 Å². The molecule has 6 aromatic heterocycles. The van der Waals surface area contributed by atoms with Gasteiger partial charge in [-0.05, 0) is 181 Å². The van der Waals surface area contributed by atoms with Crippen LogP contribution in [0.4, 0.5) is 0 Å². The maximum atomic E-state index is 6.49. The normalized spacial score (nSPS) is 11.8. The average Bonchev–Trinajstić information content (AvgIpc) is 1.56. The highest BCUT2D eigenvalue weighted by Crippen LogP contribution is 2.46. The molecule has 484 valence electrons. The Labute approximate surface area is 602 Å². The first-order valence-corrected chi connectivity index (χ1v) is 36.2. The van der Waals surface area contributed by atoms with Gasteiger partial charge in [-0.15, -0.1) is 11.3 Å². The monoisotopic (exact) mass is 1340 g/mol. The Balaban J connectivity index is 0.000000134. The number of fused-ring (bicyclic) bond motifs is 18. The van der Waals surface area contributed by atoms with Crippen LogP contribution in [0.5, 0.6) is 0 Å². The topological polar surface area (TPSA) is 48.8 Å². The van der Waals surface area contributed by atoms with Gasteiger partial charge in [0.1, 0.15) is 11.2 Å². The number of hydrogen-bond donors (Lipinski definition) is 0. The number of nitrogens with zero attached hydrogens (tertiary/aromatic N) is 4. The summed E-state index contributed by atoms with van der Waals surface area (Å²) in [5, 5.41) is 16.8. The lowest BCUT2D eigenvalue weighted by molar-refractivity contribution is 0.669. The predicted octanol–water partition coefficient (Wildman–Crippen LogP) is 27.2. The number of thiophene rings is 1. The van der Waals surface area contributed by atoms with E-state index in [1.165, 1.54) is 119 Å². The molecule has 0 aliphatic heterocycles. The molecular weight excluding hydrogens is 1280 g/mol. The maximum Gasteiger partial charge on any atom is 0.137 e. The van der Waals surface area contributed by atoms with Crippen molar-refractivity contribution < 1.29 is 4.42 Å². The van der Waals surface area contributed by atoms with Gasteiger partial charge in [0.05, 0.1) is 49.9 Å². The van der Waals surface area contributed by atoms with Crippen LogP contribution in [-0.4, -0.2) is 19.1 Å². The van der Waals surface area contributed by atoms with Crippen molar-refractivity contribution >= 4 is 140 Å². The number of rotatable bonds is 8. The summed E-state index contributed by atoms with van der Waals surface area (Å²) in [6, 6.07) is 131. The molecule has 6 heteroatoms. The van der Waals surface area contributed by atoms with Crippen LogP contribution in [0.15, 0.2) is 368 Å². The van der Waals surface area contributed by atoms with Crippen LogP contribution in [0.25, 0.3) is 207 Å². The van der Waals surface area contributed by atoms with E-state index >= 15 is 0 Å². The minimum atomic E-state index is 0.846. The molecule has 0 aliphatic rings. The van der Waals surface area contributed by atoms with Gasteiger partial charge in [0.25, 0.3) is 0 Å². The molecule has 104 heavy (non-hydrogen) atoms. The lowest BCUT2D eigenvalue weighted by Gasteiger charge is -2.12. The first-order chi connectivity index (χ1) is 51.5. The van der Waals surface area contributed by atoms with Crippen LogP contribution in [0.2, 0.25) is 0 Å². The number of pyridine rings is 2. The molecule has 22 rings (SSSR count). The van der Waals surface area contributed by atoms with Crippen molar-refractivity contribution in [3.05, 3.63) is 364 Å². The predicted molar refractivity (Wildman–Crippen MR) is 440 cm³/mol. The Morgan fingerprint density at radius 2 is 0.683 bits per heavy atom. The molecule has 0 unspecified atom stereocenters. The summed E-state index contributed by atoms with van der Waals surface area (Å²) >= 11 is 1.85. The van der Waals surface area contributed by atoms with E-state index in [1.807, 2.05) is 11.3 Å². The second kappa shape index (κ2) is 24.1. The molecular formula is C98H60N4OS. The van der Waals surface area contributed by atoms with E-state index in [-0.39, 0.29) is 0 Å². The van der Waals surface area contributed by atoms with E-state index in [1.54, 1.807) is 0 Å². The van der Waals surface area contributed by atoms with E-state index in [0.29, 0.717) is 0 Å². The zero-order valence-electron chi connectivity index (χ0n) is 56.2. The van der Waals surface area contributed by atoms with Crippen LogP contribution < -0.4 is 0 Å². The highest BCUT2D eigenvalue weighted by atomic mass is 32.1. The van der Waals surface area contributed by atoms with Crippen molar-refractivity contribution in [2.45, 2.75) is 0 Å². The second-order valence-corrected chi connectivity index (χ2v) is 28.2. The number of benzene rings is 16. The molecule has 5 nitrogen and oxygen atoms in total. The fourth-order valence-corrected chi connectivity index (χ4v) is 17.3. The summed E-state index contributed by atoms with van der Waals surface area (Å²) in [6.07, 6.45) is 0. The standard InChI is InChI=1S/C49H30N2O.C49H30N2S/c1-3-12-31(13-4-1)40-30-43(50-49-39(40)23-25-46-48(49)42-28-33-14-7-8-15-34(33)29-47(42)52-46)36-17-11-16-32(26-36)35-22-24-45-41(27-35)38-20-9-10-21-44(38)51(45)37-18-5-2-6-19-37;1-3-11-32(12-4-1)41-30-43(50-49-40(41)25-26-46-48(49)42-27-34-13-7-8-14-35(34)29-47(42)52-46)33-21-19-31(20-22-33)36-23-24-39-38-17-9-10-18-44(38)51(45(39)28-36)37-15-5-2-6-16-37/h2*1-30H. The zero-order chi connectivity index (χ0) is 68.3. The molecule has 16 aromatic carbocycles. The van der Waals surface area contributed by atoms with Crippen LogP contribution >= 0.6 is 11.3 Å². The molecule has 0 radical (unpaired) electrons. The number of furan rings is 1. The molecule has 0 amide bonds. The molecule has 22 aromatic rings. The molecule has 6 heterocycles. The van der Waals surface area contributed by atoms with Crippen LogP contribution in [-0.2, 0) is 0 Å². The first kappa shape index (κ1) is 59.4. The Kier molecular flexibility index (Phi) is 13.8. The molecule has 0 atom stereocenters. The third kappa shape index (κ3) is 9.83. The van der Waals surface area contributed by atoms with Crippen molar-refractivity contribution in [3.8, 4) is 78.4 Å². The van der Waals surface area contributed by atoms with Gasteiger partial charge >= 0.3 is 0 Å². The number of aromatic nitrogens is 4. The third-order valence-electron chi connectivity index (χ3n) is 21.1. The smallest absolute Gasteiger partial charge is 0.137 e. The average molecular weight is 1340 g/mol. The van der Waals surface area contributed by atoms with Crippen molar-refractivity contribution in [2.75, 3.05) is 0 Å². The quantitative estimate of drug-likeness (QED) is 0.152.